The fourth-order valence-corrected chi connectivity index (χ4v) is 6.98. The van der Waals surface area contributed by atoms with E-state index in [9.17, 15) is 42.1 Å². The van der Waals surface area contributed by atoms with Crippen molar-refractivity contribution in [1.29, 1.82) is 15.8 Å². The molecule has 0 atom stereocenters. The van der Waals surface area contributed by atoms with Crippen LogP contribution in [-0.2, 0) is 12.4 Å². The summed E-state index contributed by atoms with van der Waals surface area (Å²) < 4.78 is 89.1. The van der Waals surface area contributed by atoms with Gasteiger partial charge in [0.15, 0.2) is 0 Å². The molecule has 5 nitrogen and oxygen atoms in total. The second-order valence-electron chi connectivity index (χ2n) is 12.2. The van der Waals surface area contributed by atoms with E-state index in [-0.39, 0.29) is 34.1 Å². The average Bonchev–Trinajstić information content (AvgIpc) is 3.65. The number of benzene rings is 6. The van der Waals surface area contributed by atoms with Crippen molar-refractivity contribution in [3.8, 4) is 40.7 Å². The molecule has 0 spiro atoms. The molecule has 0 radical (unpaired) electrons. The first-order valence-electron chi connectivity index (χ1n) is 15.7. The molecular weight excluding hydrogens is 676 g/mol. The van der Waals surface area contributed by atoms with Crippen molar-refractivity contribution in [2.45, 2.75) is 12.4 Å². The van der Waals surface area contributed by atoms with Crippen LogP contribution in [0.3, 0.4) is 0 Å². The van der Waals surface area contributed by atoms with Gasteiger partial charge in [-0.15, -0.1) is 0 Å². The summed E-state index contributed by atoms with van der Waals surface area (Å²) in [5.74, 6) is 0. The number of nitriles is 3. The monoisotopic (exact) mass is 695 g/mol. The maximum Gasteiger partial charge on any atom is 0.416 e. The van der Waals surface area contributed by atoms with Crippen LogP contribution in [0.2, 0.25) is 0 Å². The Labute approximate surface area is 290 Å². The van der Waals surface area contributed by atoms with Gasteiger partial charge >= 0.3 is 12.4 Å². The second kappa shape index (κ2) is 11.5. The van der Waals surface area contributed by atoms with Crippen LogP contribution in [0.15, 0.2) is 115 Å². The van der Waals surface area contributed by atoms with Crippen molar-refractivity contribution in [2.75, 3.05) is 0 Å². The number of alkyl halides is 6. The molecule has 0 fully saturated rings. The van der Waals surface area contributed by atoms with Gasteiger partial charge in [-0.1, -0.05) is 48.5 Å². The topological polar surface area (TPSA) is 81.2 Å². The predicted octanol–water partition coefficient (Wildman–Crippen LogP) is 11.2. The number of para-hydroxylation sites is 2. The van der Waals surface area contributed by atoms with E-state index in [1.165, 1.54) is 12.1 Å². The Morgan fingerprint density at radius 3 is 1.37 bits per heavy atom. The summed E-state index contributed by atoms with van der Waals surface area (Å²) in [6, 6.07) is 34.9. The molecule has 0 aliphatic heterocycles. The summed E-state index contributed by atoms with van der Waals surface area (Å²) in [5.41, 5.74) is -0.428. The van der Waals surface area contributed by atoms with Gasteiger partial charge in [0.2, 0.25) is 0 Å². The highest BCUT2D eigenvalue weighted by molar-refractivity contribution is 6.11. The lowest BCUT2D eigenvalue weighted by atomic mass is 9.95. The van der Waals surface area contributed by atoms with E-state index >= 15 is 0 Å². The summed E-state index contributed by atoms with van der Waals surface area (Å²) in [7, 11) is 0. The molecule has 6 aromatic carbocycles. The molecule has 11 heteroatoms. The largest absolute Gasteiger partial charge is 0.416 e. The Hall–Kier alpha value is -7.03. The van der Waals surface area contributed by atoms with Crippen molar-refractivity contribution in [1.82, 2.24) is 9.13 Å². The molecule has 8 rings (SSSR count). The van der Waals surface area contributed by atoms with E-state index in [4.69, 9.17) is 0 Å². The van der Waals surface area contributed by atoms with Crippen LogP contribution in [0.25, 0.3) is 66.1 Å². The minimum absolute atomic E-state index is 0.0435. The number of nitrogens with zero attached hydrogens (tertiary/aromatic N) is 5. The van der Waals surface area contributed by atoms with Gasteiger partial charge in [-0.2, -0.15) is 42.1 Å². The second-order valence-corrected chi connectivity index (χ2v) is 12.2. The lowest BCUT2D eigenvalue weighted by Crippen LogP contribution is -2.11. The van der Waals surface area contributed by atoms with E-state index < -0.39 is 29.0 Å². The average molecular weight is 696 g/mol. The zero-order chi connectivity index (χ0) is 36.5. The summed E-state index contributed by atoms with van der Waals surface area (Å²) in [5, 5.41) is 33.1. The molecule has 0 saturated carbocycles. The van der Waals surface area contributed by atoms with E-state index in [0.29, 0.717) is 55.9 Å². The standard InChI is InChI=1S/C41H19F6N5/c42-40(43,44)27-15-25(16-28(18-27)41(45,46)47)33-19-36(51-34-7-3-1-5-29(34)31-11-9-23(20-48)13-37(31)51)26(22-50)17-39(33)52-35-8-4-2-6-30(35)32-12-10-24(21-49)14-38(32)52/h1-19H. The van der Waals surface area contributed by atoms with Crippen molar-refractivity contribution in [2.24, 2.45) is 0 Å². The number of aromatic nitrogens is 2. The highest BCUT2D eigenvalue weighted by Gasteiger charge is 2.37. The molecule has 52 heavy (non-hydrogen) atoms. The highest BCUT2D eigenvalue weighted by Crippen LogP contribution is 2.44. The molecule has 0 aliphatic rings. The Morgan fingerprint density at radius 2 is 0.904 bits per heavy atom. The van der Waals surface area contributed by atoms with E-state index in [0.717, 1.165) is 5.39 Å². The van der Waals surface area contributed by atoms with Gasteiger partial charge in [0.1, 0.15) is 6.07 Å². The van der Waals surface area contributed by atoms with Crippen LogP contribution >= 0.6 is 0 Å². The van der Waals surface area contributed by atoms with E-state index in [1.807, 2.05) is 18.2 Å². The Balaban J connectivity index is 1.58. The zero-order valence-electron chi connectivity index (χ0n) is 26.5. The van der Waals surface area contributed by atoms with Gasteiger partial charge in [0, 0.05) is 27.1 Å². The first-order chi connectivity index (χ1) is 24.9. The summed E-state index contributed by atoms with van der Waals surface area (Å²) in [6.07, 6.45) is -10.2. The van der Waals surface area contributed by atoms with Gasteiger partial charge in [0.05, 0.1) is 73.4 Å². The Kier molecular flexibility index (Phi) is 7.13. The summed E-state index contributed by atoms with van der Waals surface area (Å²) >= 11 is 0. The van der Waals surface area contributed by atoms with Crippen molar-refractivity contribution < 1.29 is 26.3 Å². The van der Waals surface area contributed by atoms with Gasteiger partial charge in [-0.3, -0.25) is 0 Å². The SMILES string of the molecule is N#Cc1ccc2c3ccccc3n(-c3cc(-c4cc(C(F)(F)F)cc(C(F)(F)F)c4)c(-n4c5ccccc5c5ccc(C#N)cc54)cc3C#N)c2c1. The highest BCUT2D eigenvalue weighted by atomic mass is 19.4. The zero-order valence-corrected chi connectivity index (χ0v) is 26.5. The van der Waals surface area contributed by atoms with Crippen LogP contribution < -0.4 is 0 Å². The van der Waals surface area contributed by atoms with Crippen LogP contribution in [-0.4, -0.2) is 9.13 Å². The minimum Gasteiger partial charge on any atom is -0.309 e. The summed E-state index contributed by atoms with van der Waals surface area (Å²) in [6.45, 7) is 0. The Bertz CT molecular complexity index is 2890. The molecule has 0 saturated heterocycles. The fraction of sp³-hybridized carbons (Fsp3) is 0.0488. The van der Waals surface area contributed by atoms with Crippen molar-refractivity contribution in [3.63, 3.8) is 0 Å². The maximum absolute atomic E-state index is 14.3. The van der Waals surface area contributed by atoms with Gasteiger partial charge in [0.25, 0.3) is 0 Å². The van der Waals surface area contributed by atoms with Crippen molar-refractivity contribution >= 4 is 43.6 Å². The number of hydrogen-bond acceptors (Lipinski definition) is 3. The molecule has 2 aromatic heterocycles. The molecule has 0 unspecified atom stereocenters. The maximum atomic E-state index is 14.3. The van der Waals surface area contributed by atoms with Gasteiger partial charge < -0.3 is 9.13 Å². The van der Waals surface area contributed by atoms with Gasteiger partial charge in [-0.05, 0) is 72.3 Å². The first kappa shape index (κ1) is 32.2. The fourth-order valence-electron chi connectivity index (χ4n) is 6.98. The number of fused-ring (bicyclic) bond motifs is 6. The molecule has 0 aliphatic carbocycles. The molecule has 8 aromatic rings. The lowest BCUT2D eigenvalue weighted by Gasteiger charge is -2.20. The normalized spacial score (nSPS) is 12.0. The molecule has 0 amide bonds. The number of hydrogen-bond donors (Lipinski definition) is 0. The molecule has 2 heterocycles. The molecular formula is C41H19F6N5. The summed E-state index contributed by atoms with van der Waals surface area (Å²) in [4.78, 5) is 0. The van der Waals surface area contributed by atoms with Crippen LogP contribution in [0.4, 0.5) is 26.3 Å². The first-order valence-corrected chi connectivity index (χ1v) is 15.7. The van der Waals surface area contributed by atoms with Crippen LogP contribution in [0, 0.1) is 34.0 Å². The molecule has 250 valence electrons. The van der Waals surface area contributed by atoms with Crippen molar-refractivity contribution in [3.05, 3.63) is 143 Å². The third kappa shape index (κ3) is 5.01. The molecule has 0 N–H and O–H groups in total. The number of halogens is 6. The smallest absolute Gasteiger partial charge is 0.309 e. The van der Waals surface area contributed by atoms with Gasteiger partial charge in [-0.25, -0.2) is 0 Å². The third-order valence-electron chi connectivity index (χ3n) is 9.22. The van der Waals surface area contributed by atoms with Crippen LogP contribution in [0.5, 0.6) is 0 Å². The number of rotatable bonds is 3. The lowest BCUT2D eigenvalue weighted by molar-refractivity contribution is -0.143. The van der Waals surface area contributed by atoms with E-state index in [2.05, 4.69) is 18.2 Å². The quantitative estimate of drug-likeness (QED) is 0.173. The van der Waals surface area contributed by atoms with Crippen LogP contribution in [0.1, 0.15) is 27.8 Å². The molecule has 0 bridgehead atoms. The predicted molar refractivity (Wildman–Crippen MR) is 185 cm³/mol. The Morgan fingerprint density at radius 1 is 0.442 bits per heavy atom. The third-order valence-corrected chi connectivity index (χ3v) is 9.22. The minimum atomic E-state index is -5.12. The van der Waals surface area contributed by atoms with E-state index in [1.54, 1.807) is 75.9 Å².